The molecule has 0 saturated heterocycles. The summed E-state index contributed by atoms with van der Waals surface area (Å²) in [6, 6.07) is -0.573. The van der Waals surface area contributed by atoms with E-state index >= 15 is 0 Å². The van der Waals surface area contributed by atoms with Crippen LogP contribution in [0, 0.1) is 5.92 Å². The van der Waals surface area contributed by atoms with E-state index in [1.807, 2.05) is 6.92 Å². The molecule has 1 aliphatic carbocycles. The first-order valence-electron chi connectivity index (χ1n) is 4.47. The largest absolute Gasteiger partial charge is 0.321 e. The lowest BCUT2D eigenvalue weighted by atomic mass is 10.0. The summed E-state index contributed by atoms with van der Waals surface area (Å²) >= 11 is 0. The molecule has 3 heteroatoms. The molecular formula is C9H15NO2. The molecule has 0 aromatic heterocycles. The fourth-order valence-electron chi connectivity index (χ4n) is 1.08. The fourth-order valence-corrected chi connectivity index (χ4v) is 1.08. The number of nitrogens with two attached hydrogens (primary N) is 1. The number of carbonyl (C=O) groups excluding carboxylic acids is 2. The Bertz CT molecular complexity index is 197. The van der Waals surface area contributed by atoms with Crippen molar-refractivity contribution in [3.63, 3.8) is 0 Å². The van der Waals surface area contributed by atoms with E-state index in [4.69, 9.17) is 5.73 Å². The first-order chi connectivity index (χ1) is 5.65. The van der Waals surface area contributed by atoms with Crippen LogP contribution in [0.2, 0.25) is 0 Å². The van der Waals surface area contributed by atoms with E-state index in [1.54, 1.807) is 0 Å². The Morgan fingerprint density at radius 3 is 2.50 bits per heavy atom. The Labute approximate surface area is 72.3 Å². The second-order valence-corrected chi connectivity index (χ2v) is 3.45. The summed E-state index contributed by atoms with van der Waals surface area (Å²) in [4.78, 5) is 22.3. The maximum absolute atomic E-state index is 11.2. The van der Waals surface area contributed by atoms with Gasteiger partial charge in [0, 0.05) is 6.42 Å². The van der Waals surface area contributed by atoms with Crippen molar-refractivity contribution in [2.24, 2.45) is 11.7 Å². The second-order valence-electron chi connectivity index (χ2n) is 3.45. The molecule has 0 radical (unpaired) electrons. The molecule has 12 heavy (non-hydrogen) atoms. The highest BCUT2D eigenvalue weighted by Gasteiger charge is 2.29. The van der Waals surface area contributed by atoms with Crippen LogP contribution >= 0.6 is 0 Å². The lowest BCUT2D eigenvalue weighted by Crippen LogP contribution is -2.35. The minimum Gasteiger partial charge on any atom is -0.321 e. The minimum atomic E-state index is -0.573. The minimum absolute atomic E-state index is 0.271. The van der Waals surface area contributed by atoms with Gasteiger partial charge in [-0.25, -0.2) is 0 Å². The highest BCUT2D eigenvalue weighted by Crippen LogP contribution is 2.32. The monoisotopic (exact) mass is 169 g/mol. The number of rotatable bonds is 5. The maximum Gasteiger partial charge on any atom is 0.214 e. The summed E-state index contributed by atoms with van der Waals surface area (Å²) in [6.07, 6.45) is 3.17. The second kappa shape index (κ2) is 3.81. The lowest BCUT2D eigenvalue weighted by Gasteiger charge is -2.04. The summed E-state index contributed by atoms with van der Waals surface area (Å²) in [5.74, 6) is -0.179. The molecule has 0 unspecified atom stereocenters. The summed E-state index contributed by atoms with van der Waals surface area (Å²) < 4.78 is 0. The maximum atomic E-state index is 11.2. The van der Waals surface area contributed by atoms with Gasteiger partial charge in [-0.3, -0.25) is 9.59 Å². The number of ketones is 2. The van der Waals surface area contributed by atoms with E-state index in [9.17, 15) is 9.59 Å². The third-order valence-corrected chi connectivity index (χ3v) is 2.22. The quantitative estimate of drug-likeness (QED) is 0.615. The molecule has 0 amide bonds. The third-order valence-electron chi connectivity index (χ3n) is 2.22. The van der Waals surface area contributed by atoms with Crippen LogP contribution in [0.25, 0.3) is 0 Å². The van der Waals surface area contributed by atoms with Crippen molar-refractivity contribution in [1.29, 1.82) is 0 Å². The number of Topliss-reactive ketones (excluding diaryl/α,β-unsaturated/α-hetero) is 2. The van der Waals surface area contributed by atoms with Gasteiger partial charge in [0.15, 0.2) is 5.78 Å². The molecule has 1 saturated carbocycles. The molecule has 1 atom stereocenters. The topological polar surface area (TPSA) is 60.2 Å². The van der Waals surface area contributed by atoms with Gasteiger partial charge in [0.05, 0.1) is 6.04 Å². The molecule has 68 valence electrons. The van der Waals surface area contributed by atoms with E-state index in [2.05, 4.69) is 0 Å². The van der Waals surface area contributed by atoms with Gasteiger partial charge in [-0.05, 0) is 25.2 Å². The van der Waals surface area contributed by atoms with E-state index in [0.29, 0.717) is 18.8 Å². The number of hydrogen-bond donors (Lipinski definition) is 1. The van der Waals surface area contributed by atoms with Crippen LogP contribution in [0.3, 0.4) is 0 Å². The Balaban J connectivity index is 2.34. The Morgan fingerprint density at radius 2 is 2.08 bits per heavy atom. The van der Waals surface area contributed by atoms with Crippen molar-refractivity contribution in [3.05, 3.63) is 0 Å². The van der Waals surface area contributed by atoms with Crippen LogP contribution < -0.4 is 5.73 Å². The summed E-state index contributed by atoms with van der Waals surface area (Å²) in [5.41, 5.74) is 5.44. The molecule has 0 aromatic rings. The molecule has 0 aromatic carbocycles. The molecule has 0 spiro atoms. The van der Waals surface area contributed by atoms with Crippen LogP contribution in [0.1, 0.15) is 32.6 Å². The van der Waals surface area contributed by atoms with Crippen molar-refractivity contribution in [1.82, 2.24) is 0 Å². The Hall–Kier alpha value is -0.700. The Morgan fingerprint density at radius 1 is 1.50 bits per heavy atom. The average molecular weight is 169 g/mol. The van der Waals surface area contributed by atoms with Gasteiger partial charge in [0.1, 0.15) is 0 Å². The molecule has 2 N–H and O–H groups in total. The fraction of sp³-hybridized carbons (Fsp3) is 0.778. The zero-order valence-electron chi connectivity index (χ0n) is 7.38. The molecule has 0 aliphatic heterocycles. The van der Waals surface area contributed by atoms with Crippen LogP contribution in [-0.2, 0) is 9.59 Å². The van der Waals surface area contributed by atoms with Crippen LogP contribution in [-0.4, -0.2) is 17.6 Å². The molecule has 0 heterocycles. The van der Waals surface area contributed by atoms with Crippen molar-refractivity contribution >= 4 is 11.6 Å². The van der Waals surface area contributed by atoms with Crippen molar-refractivity contribution in [3.8, 4) is 0 Å². The Kier molecular flexibility index (Phi) is 2.98. The van der Waals surface area contributed by atoms with Crippen molar-refractivity contribution in [2.75, 3.05) is 0 Å². The smallest absolute Gasteiger partial charge is 0.214 e. The van der Waals surface area contributed by atoms with Gasteiger partial charge < -0.3 is 5.73 Å². The first kappa shape index (κ1) is 9.39. The van der Waals surface area contributed by atoms with Gasteiger partial charge in [-0.2, -0.15) is 0 Å². The SMILES string of the molecule is CC[C@H](N)C(=O)C(=O)CC1CC1. The molecule has 3 nitrogen and oxygen atoms in total. The van der Waals surface area contributed by atoms with Gasteiger partial charge in [0.2, 0.25) is 5.78 Å². The highest BCUT2D eigenvalue weighted by molar-refractivity contribution is 6.39. The van der Waals surface area contributed by atoms with Crippen LogP contribution in [0.5, 0.6) is 0 Å². The van der Waals surface area contributed by atoms with Crippen LogP contribution in [0.15, 0.2) is 0 Å². The first-order valence-corrected chi connectivity index (χ1v) is 4.47. The van der Waals surface area contributed by atoms with Crippen LogP contribution in [0.4, 0.5) is 0 Å². The normalized spacial score (nSPS) is 18.8. The van der Waals surface area contributed by atoms with E-state index < -0.39 is 6.04 Å². The highest BCUT2D eigenvalue weighted by atomic mass is 16.2. The molecule has 1 fully saturated rings. The van der Waals surface area contributed by atoms with Crippen molar-refractivity contribution in [2.45, 2.75) is 38.6 Å². The predicted molar refractivity (Wildman–Crippen MR) is 45.6 cm³/mol. The zero-order chi connectivity index (χ0) is 9.14. The molecular weight excluding hydrogens is 154 g/mol. The number of hydrogen-bond acceptors (Lipinski definition) is 3. The molecule has 0 bridgehead atoms. The van der Waals surface area contributed by atoms with Gasteiger partial charge in [-0.1, -0.05) is 6.92 Å². The van der Waals surface area contributed by atoms with Crippen molar-refractivity contribution < 1.29 is 9.59 Å². The van der Waals surface area contributed by atoms with E-state index in [-0.39, 0.29) is 11.6 Å². The van der Waals surface area contributed by atoms with Gasteiger partial charge >= 0.3 is 0 Å². The van der Waals surface area contributed by atoms with Gasteiger partial charge in [0.25, 0.3) is 0 Å². The third kappa shape index (κ3) is 2.41. The van der Waals surface area contributed by atoms with Gasteiger partial charge in [-0.15, -0.1) is 0 Å². The average Bonchev–Trinajstić information content (AvgIpc) is 2.85. The molecule has 1 rings (SSSR count). The van der Waals surface area contributed by atoms with E-state index in [0.717, 1.165) is 12.8 Å². The van der Waals surface area contributed by atoms with E-state index in [1.165, 1.54) is 0 Å². The predicted octanol–water partition coefficient (Wildman–Crippen LogP) is 0.662. The lowest BCUT2D eigenvalue weighted by molar-refractivity contribution is -0.137. The molecule has 1 aliphatic rings. The summed E-state index contributed by atoms with van der Waals surface area (Å²) in [7, 11) is 0. The summed E-state index contributed by atoms with van der Waals surface area (Å²) in [6.45, 7) is 1.81. The standard InChI is InChI=1S/C9H15NO2/c1-2-7(10)9(12)8(11)5-6-3-4-6/h6-7H,2-5,10H2,1H3/t7-/m0/s1. The zero-order valence-corrected chi connectivity index (χ0v) is 7.38. The summed E-state index contributed by atoms with van der Waals surface area (Å²) in [5, 5.41) is 0. The number of carbonyl (C=O) groups is 2.